The molecule has 0 radical (unpaired) electrons. The lowest BCUT2D eigenvalue weighted by Gasteiger charge is -2.10. The van der Waals surface area contributed by atoms with Gasteiger partial charge in [-0.2, -0.15) is 10.2 Å². The molecule has 0 bridgehead atoms. The number of nitriles is 1. The SMILES string of the molecule is COc1c(F)cc(-c2nc(N)nc(N)c2C#N)cc1Br. The van der Waals surface area contributed by atoms with Crippen molar-refractivity contribution < 1.29 is 9.13 Å². The summed E-state index contributed by atoms with van der Waals surface area (Å²) in [6.45, 7) is 0. The summed E-state index contributed by atoms with van der Waals surface area (Å²) in [4.78, 5) is 7.65. The Morgan fingerprint density at radius 2 is 2.05 bits per heavy atom. The summed E-state index contributed by atoms with van der Waals surface area (Å²) in [5.41, 5.74) is 11.7. The standard InChI is InChI=1S/C12H9BrFN5O/c1-20-10-7(13)2-5(3-8(10)14)9-6(4-15)11(16)19-12(17)18-9/h2-3H,1H3,(H4,16,17,18,19). The molecule has 6 nitrogen and oxygen atoms in total. The summed E-state index contributed by atoms with van der Waals surface area (Å²) >= 11 is 3.19. The van der Waals surface area contributed by atoms with Gasteiger partial charge in [0, 0.05) is 5.56 Å². The third-order valence-corrected chi connectivity index (χ3v) is 3.13. The summed E-state index contributed by atoms with van der Waals surface area (Å²) < 4.78 is 19.2. The molecule has 0 unspecified atom stereocenters. The number of anilines is 2. The van der Waals surface area contributed by atoms with Gasteiger partial charge in [-0.3, -0.25) is 0 Å². The third-order valence-electron chi connectivity index (χ3n) is 2.54. The monoisotopic (exact) mass is 337 g/mol. The maximum Gasteiger partial charge on any atom is 0.222 e. The predicted molar refractivity (Wildman–Crippen MR) is 75.2 cm³/mol. The van der Waals surface area contributed by atoms with Gasteiger partial charge in [-0.25, -0.2) is 9.37 Å². The van der Waals surface area contributed by atoms with E-state index in [1.165, 1.54) is 13.2 Å². The van der Waals surface area contributed by atoms with Crippen LogP contribution >= 0.6 is 15.9 Å². The van der Waals surface area contributed by atoms with E-state index in [0.29, 0.717) is 10.0 Å². The van der Waals surface area contributed by atoms with E-state index in [4.69, 9.17) is 21.5 Å². The summed E-state index contributed by atoms with van der Waals surface area (Å²) in [7, 11) is 1.35. The van der Waals surface area contributed by atoms with Crippen LogP contribution in [0.25, 0.3) is 11.3 Å². The highest BCUT2D eigenvalue weighted by atomic mass is 79.9. The van der Waals surface area contributed by atoms with Crippen LogP contribution in [-0.4, -0.2) is 17.1 Å². The van der Waals surface area contributed by atoms with Crippen molar-refractivity contribution in [3.8, 4) is 23.1 Å². The first-order valence-electron chi connectivity index (χ1n) is 5.34. The Morgan fingerprint density at radius 1 is 1.35 bits per heavy atom. The smallest absolute Gasteiger partial charge is 0.222 e. The molecule has 1 aromatic carbocycles. The van der Waals surface area contributed by atoms with E-state index < -0.39 is 5.82 Å². The number of methoxy groups -OCH3 is 1. The van der Waals surface area contributed by atoms with E-state index in [9.17, 15) is 4.39 Å². The third kappa shape index (κ3) is 2.35. The fourth-order valence-electron chi connectivity index (χ4n) is 1.71. The molecule has 0 saturated heterocycles. The number of halogens is 2. The van der Waals surface area contributed by atoms with Gasteiger partial charge in [-0.1, -0.05) is 0 Å². The molecule has 1 aromatic heterocycles. The van der Waals surface area contributed by atoms with Gasteiger partial charge >= 0.3 is 0 Å². The number of nitrogen functional groups attached to an aromatic ring is 2. The first kappa shape index (κ1) is 14.0. The normalized spacial score (nSPS) is 10.1. The zero-order chi connectivity index (χ0) is 14.9. The lowest BCUT2D eigenvalue weighted by Crippen LogP contribution is -2.05. The topological polar surface area (TPSA) is 111 Å². The van der Waals surface area contributed by atoms with Crippen LogP contribution in [0, 0.1) is 17.1 Å². The van der Waals surface area contributed by atoms with Gasteiger partial charge in [0.05, 0.1) is 17.3 Å². The average molecular weight is 338 g/mol. The molecule has 0 amide bonds. The Hall–Kier alpha value is -2.40. The van der Waals surface area contributed by atoms with Gasteiger partial charge in [-0.15, -0.1) is 0 Å². The molecule has 0 atom stereocenters. The molecule has 2 aromatic rings. The van der Waals surface area contributed by atoms with Crippen LogP contribution in [0.1, 0.15) is 5.56 Å². The quantitative estimate of drug-likeness (QED) is 0.867. The minimum absolute atomic E-state index is 0.0377. The van der Waals surface area contributed by atoms with Crippen LogP contribution < -0.4 is 16.2 Å². The summed E-state index contributed by atoms with van der Waals surface area (Å²) in [6.07, 6.45) is 0. The fraction of sp³-hybridized carbons (Fsp3) is 0.0833. The number of nitrogens with two attached hydrogens (primary N) is 2. The van der Waals surface area contributed by atoms with Crippen molar-refractivity contribution in [2.45, 2.75) is 0 Å². The molecule has 8 heteroatoms. The van der Waals surface area contributed by atoms with Crippen molar-refractivity contribution >= 4 is 27.7 Å². The Balaban J connectivity index is 2.73. The van der Waals surface area contributed by atoms with E-state index in [2.05, 4.69) is 25.9 Å². The lowest BCUT2D eigenvalue weighted by atomic mass is 10.1. The Kier molecular flexibility index (Phi) is 3.72. The molecule has 0 spiro atoms. The van der Waals surface area contributed by atoms with Crippen molar-refractivity contribution in [3.63, 3.8) is 0 Å². The molecule has 0 aliphatic rings. The summed E-state index contributed by atoms with van der Waals surface area (Å²) in [6, 6.07) is 4.63. The van der Waals surface area contributed by atoms with E-state index in [-0.39, 0.29) is 28.8 Å². The highest BCUT2D eigenvalue weighted by Crippen LogP contribution is 2.34. The highest BCUT2D eigenvalue weighted by Gasteiger charge is 2.17. The summed E-state index contributed by atoms with van der Waals surface area (Å²) in [5, 5.41) is 9.11. The van der Waals surface area contributed by atoms with Crippen LogP contribution in [0.5, 0.6) is 5.75 Å². The first-order chi connectivity index (χ1) is 9.47. The zero-order valence-corrected chi connectivity index (χ0v) is 11.9. The van der Waals surface area contributed by atoms with E-state index in [1.54, 1.807) is 6.07 Å². The van der Waals surface area contributed by atoms with Gasteiger partial charge < -0.3 is 16.2 Å². The van der Waals surface area contributed by atoms with Crippen molar-refractivity contribution in [2.24, 2.45) is 0 Å². The number of aromatic nitrogens is 2. The predicted octanol–water partition coefficient (Wildman–Crippen LogP) is 2.09. The number of benzene rings is 1. The molecule has 0 saturated carbocycles. The second-order valence-electron chi connectivity index (χ2n) is 3.78. The number of ether oxygens (including phenoxy) is 1. The minimum atomic E-state index is -0.600. The maximum atomic E-state index is 13.9. The van der Waals surface area contributed by atoms with Crippen LogP contribution in [-0.2, 0) is 0 Å². The molecule has 0 aliphatic carbocycles. The first-order valence-corrected chi connectivity index (χ1v) is 6.13. The Morgan fingerprint density at radius 3 is 2.60 bits per heavy atom. The molecular formula is C12H9BrFN5O. The van der Waals surface area contributed by atoms with Crippen molar-refractivity contribution in [2.75, 3.05) is 18.6 Å². The average Bonchev–Trinajstić information content (AvgIpc) is 2.37. The van der Waals surface area contributed by atoms with Gasteiger partial charge in [0.15, 0.2) is 11.6 Å². The summed E-state index contributed by atoms with van der Waals surface area (Å²) in [5.74, 6) is -0.690. The second kappa shape index (κ2) is 5.30. The van der Waals surface area contributed by atoms with Gasteiger partial charge in [0.1, 0.15) is 17.5 Å². The van der Waals surface area contributed by atoms with E-state index in [1.807, 2.05) is 6.07 Å². The van der Waals surface area contributed by atoms with Crippen LogP contribution in [0.4, 0.5) is 16.2 Å². The van der Waals surface area contributed by atoms with Crippen molar-refractivity contribution in [3.05, 3.63) is 28.0 Å². The van der Waals surface area contributed by atoms with Gasteiger partial charge in [-0.05, 0) is 28.1 Å². The number of rotatable bonds is 2. The number of hydrogen-bond donors (Lipinski definition) is 2. The van der Waals surface area contributed by atoms with Crippen LogP contribution in [0.2, 0.25) is 0 Å². The van der Waals surface area contributed by atoms with E-state index in [0.717, 1.165) is 0 Å². The van der Waals surface area contributed by atoms with Crippen molar-refractivity contribution in [1.29, 1.82) is 5.26 Å². The zero-order valence-electron chi connectivity index (χ0n) is 10.3. The molecule has 1 heterocycles. The van der Waals surface area contributed by atoms with Crippen LogP contribution in [0.15, 0.2) is 16.6 Å². The van der Waals surface area contributed by atoms with Crippen molar-refractivity contribution in [1.82, 2.24) is 9.97 Å². The highest BCUT2D eigenvalue weighted by molar-refractivity contribution is 9.10. The molecule has 4 N–H and O–H groups in total. The second-order valence-corrected chi connectivity index (χ2v) is 4.63. The molecule has 2 rings (SSSR count). The Bertz CT molecular complexity index is 706. The molecule has 0 fully saturated rings. The number of nitrogens with zero attached hydrogens (tertiary/aromatic N) is 3. The lowest BCUT2D eigenvalue weighted by molar-refractivity contribution is 0.384. The maximum absolute atomic E-state index is 13.9. The minimum Gasteiger partial charge on any atom is -0.492 e. The molecule has 102 valence electrons. The molecule has 0 aliphatic heterocycles. The fourth-order valence-corrected chi connectivity index (χ4v) is 2.30. The molecule has 20 heavy (non-hydrogen) atoms. The number of hydrogen-bond acceptors (Lipinski definition) is 6. The van der Waals surface area contributed by atoms with E-state index >= 15 is 0 Å². The largest absolute Gasteiger partial charge is 0.492 e. The van der Waals surface area contributed by atoms with Crippen LogP contribution in [0.3, 0.4) is 0 Å². The van der Waals surface area contributed by atoms with Gasteiger partial charge in [0.2, 0.25) is 5.95 Å². The van der Waals surface area contributed by atoms with Gasteiger partial charge in [0.25, 0.3) is 0 Å². The molecular weight excluding hydrogens is 329 g/mol. The Labute approximate surface area is 122 Å².